The number of hydrogen-bond acceptors (Lipinski definition) is 2. The average Bonchev–Trinajstić information content (AvgIpc) is 2.91. The first-order valence-corrected chi connectivity index (χ1v) is 10.9. The second-order valence-electron chi connectivity index (χ2n) is 7.33. The van der Waals surface area contributed by atoms with Gasteiger partial charge in [0.05, 0.1) is 0 Å². The minimum absolute atomic E-state index is 0. The number of benzene rings is 4. The molecule has 178 valence electrons. The van der Waals surface area contributed by atoms with Gasteiger partial charge in [0.25, 0.3) is 0 Å². The molecule has 4 rings (SSSR count). The quantitative estimate of drug-likeness (QED) is 0.137. The van der Waals surface area contributed by atoms with Crippen LogP contribution < -0.4 is 0 Å². The van der Waals surface area contributed by atoms with E-state index in [2.05, 4.69) is 0 Å². The molecule has 0 amide bonds. The molecule has 0 spiro atoms. The predicted molar refractivity (Wildman–Crippen MR) is 140 cm³/mol. The third kappa shape index (κ3) is 10.3. The van der Waals surface area contributed by atoms with Gasteiger partial charge in [0.2, 0.25) is 0 Å². The van der Waals surface area contributed by atoms with Crippen LogP contribution in [0.15, 0.2) is 132 Å². The fourth-order valence-corrected chi connectivity index (χ4v) is 3.12. The van der Waals surface area contributed by atoms with Gasteiger partial charge < -0.3 is 20.7 Å². The van der Waals surface area contributed by atoms with E-state index in [1.807, 2.05) is 159 Å². The summed E-state index contributed by atoms with van der Waals surface area (Å²) in [4.78, 5) is 21.8. The van der Waals surface area contributed by atoms with Crippen molar-refractivity contribution in [1.82, 2.24) is 0 Å². The maximum Gasteiger partial charge on any atom is 0 e. The fourth-order valence-electron chi connectivity index (χ4n) is 3.12. The molecule has 0 atom stereocenters. The van der Waals surface area contributed by atoms with Crippen molar-refractivity contribution < 1.29 is 30.0 Å². The average molecular weight is 547 g/mol. The van der Waals surface area contributed by atoms with E-state index < -0.39 is 0 Å². The molecule has 0 N–H and O–H groups in total. The first-order valence-electron chi connectivity index (χ1n) is 10.9. The monoisotopic (exact) mass is 546 g/mol. The molecule has 3 heteroatoms. The predicted octanol–water partition coefficient (Wildman–Crippen LogP) is 6.86. The van der Waals surface area contributed by atoms with E-state index in [4.69, 9.17) is 0 Å². The van der Waals surface area contributed by atoms with Crippen LogP contribution in [0.25, 0.3) is 12.2 Å². The first kappa shape index (κ1) is 27.3. The smallest absolute Gasteiger partial charge is 0 e. The fraction of sp³-hybridized carbons (Fsp3) is 0. The molecular formula is C32H24O2Pd-4. The standard InChI is InChI=1S/2C16H12O.Pd/c2*17-13-16(11-14-7-3-1-4-8-14)12-15-9-5-2-6-10-15;/h2*1-12H;/q2*-2;. The van der Waals surface area contributed by atoms with Crippen LogP contribution in [-0.4, -0.2) is 12.6 Å². The molecule has 0 fully saturated rings. The van der Waals surface area contributed by atoms with Crippen molar-refractivity contribution in [2.24, 2.45) is 0 Å². The Kier molecular flexibility index (Phi) is 12.4. The van der Waals surface area contributed by atoms with E-state index in [0.29, 0.717) is 11.1 Å². The molecule has 0 aliphatic heterocycles. The van der Waals surface area contributed by atoms with Gasteiger partial charge in [-0.1, -0.05) is 121 Å². The van der Waals surface area contributed by atoms with Crippen molar-refractivity contribution in [1.29, 1.82) is 0 Å². The molecule has 0 aliphatic rings. The number of carbonyl (C=O) groups excluding carboxylic acids is 2. The Balaban J connectivity index is 0.000000240. The zero-order valence-corrected chi connectivity index (χ0v) is 20.5. The van der Waals surface area contributed by atoms with Gasteiger partial charge in [-0.05, 0) is 0 Å². The molecule has 4 aromatic carbocycles. The van der Waals surface area contributed by atoms with Gasteiger partial charge in [-0.3, -0.25) is 25.0 Å². The SMILES string of the molecule is O=[C-]C(=Cc1ccccc1)[CH-]c1ccccc1.O=[C-]C(=Cc1ccccc1)[CH-]c1ccccc1.[Pd]. The van der Waals surface area contributed by atoms with Crippen LogP contribution in [0.3, 0.4) is 0 Å². The van der Waals surface area contributed by atoms with Crippen LogP contribution in [0.4, 0.5) is 0 Å². The van der Waals surface area contributed by atoms with Crippen molar-refractivity contribution in [2.75, 3.05) is 0 Å². The molecular weight excluding hydrogens is 523 g/mol. The van der Waals surface area contributed by atoms with Gasteiger partial charge >= 0.3 is 0 Å². The molecule has 2 nitrogen and oxygen atoms in total. The van der Waals surface area contributed by atoms with Gasteiger partial charge in [-0.25, -0.2) is 0 Å². The maximum absolute atomic E-state index is 10.9. The number of rotatable bonds is 8. The zero-order chi connectivity index (χ0) is 23.8. The molecule has 0 unspecified atom stereocenters. The summed E-state index contributed by atoms with van der Waals surface area (Å²) in [6, 6.07) is 39.0. The van der Waals surface area contributed by atoms with Gasteiger partial charge in [0, 0.05) is 20.4 Å². The summed E-state index contributed by atoms with van der Waals surface area (Å²) in [6.07, 6.45) is 11.2. The molecule has 0 saturated heterocycles. The van der Waals surface area contributed by atoms with E-state index >= 15 is 0 Å². The summed E-state index contributed by atoms with van der Waals surface area (Å²) in [7, 11) is 0. The van der Waals surface area contributed by atoms with E-state index in [1.165, 1.54) is 0 Å². The summed E-state index contributed by atoms with van der Waals surface area (Å²) in [6.45, 7) is 0. The topological polar surface area (TPSA) is 34.1 Å². The van der Waals surface area contributed by atoms with Gasteiger partial charge in [-0.2, -0.15) is 0 Å². The molecule has 0 aromatic heterocycles. The minimum atomic E-state index is 0. The van der Waals surface area contributed by atoms with E-state index in [-0.39, 0.29) is 20.4 Å². The second kappa shape index (κ2) is 15.9. The number of allylic oxidation sites excluding steroid dienone is 2. The van der Waals surface area contributed by atoms with Crippen molar-refractivity contribution >= 4 is 24.7 Å². The van der Waals surface area contributed by atoms with Crippen LogP contribution >= 0.6 is 0 Å². The second-order valence-corrected chi connectivity index (χ2v) is 7.33. The van der Waals surface area contributed by atoms with Crippen molar-refractivity contribution in [3.8, 4) is 0 Å². The van der Waals surface area contributed by atoms with Crippen molar-refractivity contribution in [3.63, 3.8) is 0 Å². The summed E-state index contributed by atoms with van der Waals surface area (Å²) >= 11 is 0. The third-order valence-corrected chi connectivity index (χ3v) is 4.72. The molecule has 35 heavy (non-hydrogen) atoms. The Morgan fingerprint density at radius 3 is 1.06 bits per heavy atom. The molecule has 0 saturated carbocycles. The van der Waals surface area contributed by atoms with Crippen LogP contribution in [-0.2, 0) is 30.0 Å². The molecule has 4 aromatic rings. The van der Waals surface area contributed by atoms with Crippen molar-refractivity contribution in [3.05, 3.63) is 168 Å². The Morgan fingerprint density at radius 2 is 0.771 bits per heavy atom. The molecule has 0 heterocycles. The van der Waals surface area contributed by atoms with Crippen LogP contribution in [0.2, 0.25) is 0 Å². The summed E-state index contributed by atoms with van der Waals surface area (Å²) in [5.74, 6) is 0. The van der Waals surface area contributed by atoms with Crippen molar-refractivity contribution in [2.45, 2.75) is 0 Å². The van der Waals surface area contributed by atoms with Gasteiger partial charge in [0.15, 0.2) is 0 Å². The summed E-state index contributed by atoms with van der Waals surface area (Å²) < 4.78 is 0. The summed E-state index contributed by atoms with van der Waals surface area (Å²) in [5, 5.41) is 0. The largest absolute Gasteiger partial charge is 0.462 e. The zero-order valence-electron chi connectivity index (χ0n) is 19.0. The Bertz CT molecular complexity index is 1100. The van der Waals surface area contributed by atoms with Crippen LogP contribution in [0, 0.1) is 12.8 Å². The molecule has 0 bridgehead atoms. The molecule has 0 aliphatic carbocycles. The van der Waals surface area contributed by atoms with Gasteiger partial charge in [0.1, 0.15) is 0 Å². The molecule has 0 radical (unpaired) electrons. The minimum Gasteiger partial charge on any atom is -0.462 e. The summed E-state index contributed by atoms with van der Waals surface area (Å²) in [5.41, 5.74) is 5.08. The normalized spacial score (nSPS) is 10.6. The van der Waals surface area contributed by atoms with E-state index in [1.54, 1.807) is 0 Å². The van der Waals surface area contributed by atoms with E-state index in [9.17, 15) is 9.59 Å². The first-order chi connectivity index (χ1) is 16.8. The van der Waals surface area contributed by atoms with Gasteiger partial charge in [-0.15, -0.1) is 34.8 Å². The van der Waals surface area contributed by atoms with E-state index in [0.717, 1.165) is 22.3 Å². The van der Waals surface area contributed by atoms with Crippen LogP contribution in [0.1, 0.15) is 22.3 Å². The van der Waals surface area contributed by atoms with Crippen LogP contribution in [0.5, 0.6) is 0 Å². The maximum atomic E-state index is 10.9. The Hall–Kier alpha value is -3.90. The Labute approximate surface area is 221 Å². The third-order valence-electron chi connectivity index (χ3n) is 4.72. The Morgan fingerprint density at radius 1 is 0.486 bits per heavy atom. The number of hydrogen-bond donors (Lipinski definition) is 0.